The molecule has 9 nitrogen and oxygen atoms in total. The largest absolute Gasteiger partial charge is 0.285 e. The monoisotopic (exact) mass is 464 g/mol. The van der Waals surface area contributed by atoms with Crippen LogP contribution in [0.1, 0.15) is 47.5 Å². The standard InChI is InChI=1S/C26H24N8O/c1-2-3-13-23-28-26(24(35)18-9-5-4-6-10-18)31-34(23)17-20-15-14-19(16-27-20)21-11-7-8-12-22(21)25-29-32-33-30-25/h4-12,14-16H,2-3,13,17H2,1H3,(H,29,30,32,33). The lowest BCUT2D eigenvalue weighted by Gasteiger charge is -2.08. The molecule has 0 saturated carbocycles. The lowest BCUT2D eigenvalue weighted by molar-refractivity contribution is 0.102. The van der Waals surface area contributed by atoms with E-state index in [1.54, 1.807) is 16.8 Å². The molecule has 0 aliphatic rings. The Kier molecular flexibility index (Phi) is 6.47. The van der Waals surface area contributed by atoms with E-state index in [2.05, 4.69) is 42.6 Å². The Labute approximate surface area is 202 Å². The molecule has 0 aliphatic carbocycles. The first-order valence-corrected chi connectivity index (χ1v) is 11.5. The van der Waals surface area contributed by atoms with E-state index in [0.717, 1.165) is 47.5 Å². The predicted molar refractivity (Wildman–Crippen MR) is 130 cm³/mol. The minimum Gasteiger partial charge on any atom is -0.285 e. The second-order valence-electron chi connectivity index (χ2n) is 8.13. The molecule has 9 heteroatoms. The van der Waals surface area contributed by atoms with Gasteiger partial charge in [-0.05, 0) is 23.3 Å². The maximum atomic E-state index is 12.9. The Hall–Kier alpha value is -4.53. The second-order valence-corrected chi connectivity index (χ2v) is 8.13. The van der Waals surface area contributed by atoms with Gasteiger partial charge in [0.1, 0.15) is 5.82 Å². The molecular formula is C26H24N8O. The van der Waals surface area contributed by atoms with Crippen LogP contribution < -0.4 is 0 Å². The van der Waals surface area contributed by atoms with Gasteiger partial charge >= 0.3 is 0 Å². The number of carbonyl (C=O) groups excluding carboxylic acids is 1. The first-order chi connectivity index (χ1) is 17.2. The lowest BCUT2D eigenvalue weighted by Crippen LogP contribution is -2.09. The van der Waals surface area contributed by atoms with Gasteiger partial charge in [0.15, 0.2) is 0 Å². The third-order valence-electron chi connectivity index (χ3n) is 5.70. The van der Waals surface area contributed by atoms with E-state index < -0.39 is 0 Å². The highest BCUT2D eigenvalue weighted by Crippen LogP contribution is 2.29. The van der Waals surface area contributed by atoms with Crippen molar-refractivity contribution >= 4 is 5.78 Å². The molecule has 5 rings (SSSR count). The number of nitrogens with one attached hydrogen (secondary N) is 1. The molecule has 0 radical (unpaired) electrons. The Morgan fingerprint density at radius 1 is 0.971 bits per heavy atom. The van der Waals surface area contributed by atoms with Crippen molar-refractivity contribution in [2.75, 3.05) is 0 Å². The fourth-order valence-corrected chi connectivity index (χ4v) is 3.87. The van der Waals surface area contributed by atoms with Crippen LogP contribution in [-0.4, -0.2) is 46.2 Å². The molecule has 1 N–H and O–H groups in total. The van der Waals surface area contributed by atoms with Crippen LogP contribution in [0.3, 0.4) is 0 Å². The number of H-pyrrole nitrogens is 1. The highest BCUT2D eigenvalue weighted by molar-refractivity contribution is 6.06. The number of ketones is 1. The molecule has 5 aromatic rings. The van der Waals surface area contributed by atoms with Crippen LogP contribution in [0.25, 0.3) is 22.5 Å². The third-order valence-corrected chi connectivity index (χ3v) is 5.70. The molecule has 0 bridgehead atoms. The number of aromatic nitrogens is 8. The van der Waals surface area contributed by atoms with Gasteiger partial charge in [0.25, 0.3) is 0 Å². The van der Waals surface area contributed by atoms with Crippen LogP contribution in [0.4, 0.5) is 0 Å². The summed E-state index contributed by atoms with van der Waals surface area (Å²) in [6.45, 7) is 2.56. The smallest absolute Gasteiger partial charge is 0.232 e. The van der Waals surface area contributed by atoms with Gasteiger partial charge in [0.2, 0.25) is 17.4 Å². The highest BCUT2D eigenvalue weighted by atomic mass is 16.1. The lowest BCUT2D eigenvalue weighted by atomic mass is 10.0. The molecule has 0 fully saturated rings. The normalized spacial score (nSPS) is 11.0. The van der Waals surface area contributed by atoms with Gasteiger partial charge in [-0.3, -0.25) is 9.78 Å². The molecule has 3 aromatic heterocycles. The van der Waals surface area contributed by atoms with Crippen LogP contribution in [-0.2, 0) is 13.0 Å². The number of nitrogens with zero attached hydrogens (tertiary/aromatic N) is 7. The number of hydrogen-bond donors (Lipinski definition) is 1. The minimum absolute atomic E-state index is 0.177. The maximum absolute atomic E-state index is 12.9. The molecule has 0 atom stereocenters. The Morgan fingerprint density at radius 2 is 1.77 bits per heavy atom. The molecule has 35 heavy (non-hydrogen) atoms. The number of benzene rings is 2. The molecule has 174 valence electrons. The quantitative estimate of drug-likeness (QED) is 0.326. The summed E-state index contributed by atoms with van der Waals surface area (Å²) in [5, 5.41) is 18.9. The number of hydrogen-bond acceptors (Lipinski definition) is 7. The van der Waals surface area contributed by atoms with Crippen LogP contribution >= 0.6 is 0 Å². The summed E-state index contributed by atoms with van der Waals surface area (Å²) in [7, 11) is 0. The molecule has 0 spiro atoms. The summed E-state index contributed by atoms with van der Waals surface area (Å²) in [6.07, 6.45) is 4.58. The fourth-order valence-electron chi connectivity index (χ4n) is 3.87. The number of rotatable bonds is 9. The Balaban J connectivity index is 1.41. The van der Waals surface area contributed by atoms with Gasteiger partial charge in [0, 0.05) is 29.3 Å². The van der Waals surface area contributed by atoms with E-state index >= 15 is 0 Å². The molecule has 2 aromatic carbocycles. The van der Waals surface area contributed by atoms with E-state index in [1.807, 2.05) is 60.8 Å². The van der Waals surface area contributed by atoms with E-state index in [0.29, 0.717) is 17.9 Å². The van der Waals surface area contributed by atoms with Crippen molar-refractivity contribution in [1.82, 2.24) is 40.4 Å². The number of tetrazole rings is 1. The van der Waals surface area contributed by atoms with Crippen LogP contribution in [0, 0.1) is 0 Å². The average molecular weight is 465 g/mol. The summed E-state index contributed by atoms with van der Waals surface area (Å²) in [6, 6.07) is 21.0. The number of pyridine rings is 1. The number of carbonyl (C=O) groups is 1. The first-order valence-electron chi connectivity index (χ1n) is 11.5. The third kappa shape index (κ3) is 4.89. The highest BCUT2D eigenvalue weighted by Gasteiger charge is 2.18. The van der Waals surface area contributed by atoms with Crippen molar-refractivity contribution in [3.05, 3.63) is 95.8 Å². The first kappa shape index (κ1) is 22.3. The molecule has 0 unspecified atom stereocenters. The molecular weight excluding hydrogens is 440 g/mol. The van der Waals surface area contributed by atoms with Crippen molar-refractivity contribution in [3.8, 4) is 22.5 Å². The molecule has 0 amide bonds. The zero-order valence-corrected chi connectivity index (χ0v) is 19.3. The summed E-state index contributed by atoms with van der Waals surface area (Å²) in [5.74, 6) is 1.36. The van der Waals surface area contributed by atoms with Gasteiger partial charge in [-0.15, -0.1) is 15.3 Å². The van der Waals surface area contributed by atoms with Crippen molar-refractivity contribution < 1.29 is 4.79 Å². The predicted octanol–water partition coefficient (Wildman–Crippen LogP) is 4.14. The van der Waals surface area contributed by atoms with Gasteiger partial charge < -0.3 is 0 Å². The summed E-state index contributed by atoms with van der Waals surface area (Å²) in [5.41, 5.74) is 4.19. The van der Waals surface area contributed by atoms with Crippen molar-refractivity contribution in [1.29, 1.82) is 0 Å². The maximum Gasteiger partial charge on any atom is 0.232 e. The van der Waals surface area contributed by atoms with Crippen LogP contribution in [0.2, 0.25) is 0 Å². The summed E-state index contributed by atoms with van der Waals surface area (Å²) in [4.78, 5) is 22.1. The Bertz CT molecular complexity index is 1410. The average Bonchev–Trinajstić information content (AvgIpc) is 3.59. The zero-order chi connectivity index (χ0) is 24.0. The molecule has 0 aliphatic heterocycles. The Morgan fingerprint density at radius 3 is 2.49 bits per heavy atom. The van der Waals surface area contributed by atoms with E-state index in [-0.39, 0.29) is 11.6 Å². The van der Waals surface area contributed by atoms with Crippen LogP contribution in [0.15, 0.2) is 72.9 Å². The van der Waals surface area contributed by atoms with E-state index in [1.165, 1.54) is 0 Å². The topological polar surface area (TPSA) is 115 Å². The van der Waals surface area contributed by atoms with Crippen molar-refractivity contribution in [3.63, 3.8) is 0 Å². The van der Waals surface area contributed by atoms with Gasteiger partial charge in [0.05, 0.1) is 12.2 Å². The van der Waals surface area contributed by atoms with Crippen molar-refractivity contribution in [2.24, 2.45) is 0 Å². The van der Waals surface area contributed by atoms with Gasteiger partial charge in [-0.25, -0.2) is 9.67 Å². The van der Waals surface area contributed by atoms with Crippen molar-refractivity contribution in [2.45, 2.75) is 32.7 Å². The number of aromatic amines is 1. The molecule has 0 saturated heterocycles. The number of unbranched alkanes of at least 4 members (excludes halogenated alkanes) is 1. The molecule has 3 heterocycles. The summed E-state index contributed by atoms with van der Waals surface area (Å²) < 4.78 is 1.79. The summed E-state index contributed by atoms with van der Waals surface area (Å²) >= 11 is 0. The van der Waals surface area contributed by atoms with E-state index in [9.17, 15) is 4.79 Å². The number of aryl methyl sites for hydroxylation is 1. The minimum atomic E-state index is -0.177. The SMILES string of the molecule is CCCCc1nc(C(=O)c2ccccc2)nn1Cc1ccc(-c2ccccc2-c2nn[nH]n2)cn1. The second kappa shape index (κ2) is 10.2. The van der Waals surface area contributed by atoms with Crippen LogP contribution in [0.5, 0.6) is 0 Å². The fraction of sp³-hybridized carbons (Fsp3) is 0.192. The zero-order valence-electron chi connectivity index (χ0n) is 19.3. The van der Waals surface area contributed by atoms with E-state index in [4.69, 9.17) is 0 Å². The van der Waals surface area contributed by atoms with Gasteiger partial charge in [-0.1, -0.05) is 74.0 Å². The van der Waals surface area contributed by atoms with Gasteiger partial charge in [-0.2, -0.15) is 5.21 Å².